The van der Waals surface area contributed by atoms with E-state index in [0.717, 1.165) is 19.6 Å². The van der Waals surface area contributed by atoms with Gasteiger partial charge in [-0.15, -0.1) is 0 Å². The summed E-state index contributed by atoms with van der Waals surface area (Å²) >= 11 is 4.93. The number of carbonyl (C=O) groups is 2. The monoisotopic (exact) mass is 554 g/mol. The van der Waals surface area contributed by atoms with Gasteiger partial charge in [-0.1, -0.05) is 78.9 Å². The number of piperidine rings is 1. The molecule has 2 fully saturated rings. The van der Waals surface area contributed by atoms with Gasteiger partial charge in [-0.05, 0) is 48.1 Å². The topological polar surface area (TPSA) is 55.9 Å². The third kappa shape index (κ3) is 5.36. The fourth-order valence-corrected chi connectivity index (χ4v) is 7.50. The second-order valence-corrected chi connectivity index (χ2v) is 12.1. The van der Waals surface area contributed by atoms with Crippen LogP contribution in [0.4, 0.5) is 0 Å². The van der Waals surface area contributed by atoms with Crippen LogP contribution in [0.1, 0.15) is 65.9 Å². The highest BCUT2D eigenvalue weighted by Crippen LogP contribution is 2.40. The molecule has 3 aromatic carbocycles. The molecule has 0 saturated carbocycles. The largest absolute Gasteiger partial charge is 0.296 e. The second kappa shape index (κ2) is 11.5. The van der Waals surface area contributed by atoms with Gasteiger partial charge >= 0.3 is 0 Å². The van der Waals surface area contributed by atoms with E-state index >= 15 is 0 Å². The Morgan fingerprint density at radius 2 is 1.52 bits per heavy atom. The van der Waals surface area contributed by atoms with Crippen molar-refractivity contribution in [2.24, 2.45) is 0 Å². The van der Waals surface area contributed by atoms with Crippen molar-refractivity contribution in [2.45, 2.75) is 69.3 Å². The van der Waals surface area contributed by atoms with Crippen LogP contribution < -0.4 is 5.32 Å². The predicted molar refractivity (Wildman–Crippen MR) is 161 cm³/mol. The highest BCUT2D eigenvalue weighted by Gasteiger charge is 2.40. The van der Waals surface area contributed by atoms with Crippen LogP contribution >= 0.6 is 12.6 Å². The molecule has 3 aromatic rings. The second-order valence-electron chi connectivity index (χ2n) is 11.6. The summed E-state index contributed by atoms with van der Waals surface area (Å²) in [7, 11) is 0. The Morgan fingerprint density at radius 1 is 0.900 bits per heavy atom. The van der Waals surface area contributed by atoms with E-state index in [9.17, 15) is 9.59 Å². The lowest BCUT2D eigenvalue weighted by atomic mass is 9.92. The van der Waals surface area contributed by atoms with Crippen LogP contribution in [-0.2, 0) is 22.7 Å². The Morgan fingerprint density at radius 3 is 2.12 bits per heavy atom. The van der Waals surface area contributed by atoms with Gasteiger partial charge in [0, 0.05) is 44.7 Å². The minimum atomic E-state index is -0.312. The Hall–Kier alpha value is -2.97. The summed E-state index contributed by atoms with van der Waals surface area (Å²) in [6, 6.07) is 29.1. The number of hydrogen-bond acceptors (Lipinski definition) is 6. The van der Waals surface area contributed by atoms with Crippen molar-refractivity contribution >= 4 is 24.4 Å². The van der Waals surface area contributed by atoms with E-state index in [0.29, 0.717) is 31.5 Å². The maximum atomic E-state index is 12.5. The zero-order chi connectivity index (χ0) is 27.8. The van der Waals surface area contributed by atoms with Crippen LogP contribution in [-0.4, -0.2) is 57.7 Å². The molecule has 4 atom stereocenters. The molecule has 40 heavy (non-hydrogen) atoms. The average Bonchev–Trinajstić information content (AvgIpc) is 3.27. The molecule has 0 spiro atoms. The van der Waals surface area contributed by atoms with E-state index in [2.05, 4.69) is 113 Å². The lowest BCUT2D eigenvalue weighted by molar-refractivity contribution is -0.137. The first-order valence-corrected chi connectivity index (χ1v) is 14.9. The standard InChI is InChI=1S/C33H38N4O2S/c1-22-18-35(19-23(2)37(22)31(25-9-5-3-6-10-25)26-11-7-4-8-12-26)20-24-13-14-27-21-36(33(40)28(27)17-24)29-15-16-30(38)34-32(29)39/h3-14,17,22-23,29,31,33,40H,15-16,18-21H2,1-2H3,(H,34,38,39). The number of nitrogens with zero attached hydrogens (tertiary/aromatic N) is 3. The molecule has 7 heteroatoms. The molecule has 0 radical (unpaired) electrons. The lowest BCUT2D eigenvalue weighted by Gasteiger charge is -2.48. The summed E-state index contributed by atoms with van der Waals surface area (Å²) in [5.74, 6) is -0.383. The number of amides is 2. The molecule has 0 aliphatic carbocycles. The smallest absolute Gasteiger partial charge is 0.243 e. The number of carbonyl (C=O) groups excluding carboxylic acids is 2. The zero-order valence-electron chi connectivity index (χ0n) is 23.2. The normalized spacial score (nSPS) is 26.2. The van der Waals surface area contributed by atoms with Crippen LogP contribution in [0.5, 0.6) is 0 Å². The fourth-order valence-electron chi connectivity index (χ4n) is 7.02. The SMILES string of the molecule is CC1CN(Cc2ccc3c(c2)C(S)N(C2CCC(=O)NC2=O)C3)CC(C)N1C(c1ccccc1)c1ccccc1. The number of fused-ring (bicyclic) bond motifs is 1. The third-order valence-corrected chi connectivity index (χ3v) is 9.34. The molecule has 6 nitrogen and oxygen atoms in total. The van der Waals surface area contributed by atoms with Crippen molar-refractivity contribution in [2.75, 3.05) is 13.1 Å². The summed E-state index contributed by atoms with van der Waals surface area (Å²) in [5, 5.41) is 2.35. The molecule has 2 saturated heterocycles. The molecule has 4 unspecified atom stereocenters. The van der Waals surface area contributed by atoms with Gasteiger partial charge in [-0.2, -0.15) is 12.6 Å². The maximum absolute atomic E-state index is 12.5. The van der Waals surface area contributed by atoms with E-state index in [-0.39, 0.29) is 29.3 Å². The Balaban J connectivity index is 1.16. The van der Waals surface area contributed by atoms with Gasteiger partial charge in [0.2, 0.25) is 11.8 Å². The van der Waals surface area contributed by atoms with Crippen LogP contribution in [0.25, 0.3) is 0 Å². The van der Waals surface area contributed by atoms with E-state index in [4.69, 9.17) is 12.6 Å². The van der Waals surface area contributed by atoms with Gasteiger partial charge in [0.05, 0.1) is 17.5 Å². The Kier molecular flexibility index (Phi) is 7.82. The molecule has 0 aromatic heterocycles. The van der Waals surface area contributed by atoms with Gasteiger partial charge in [0.25, 0.3) is 0 Å². The maximum Gasteiger partial charge on any atom is 0.243 e. The van der Waals surface area contributed by atoms with E-state index in [1.807, 2.05) is 0 Å². The van der Waals surface area contributed by atoms with Crippen molar-refractivity contribution in [1.82, 2.24) is 20.0 Å². The number of thiol groups is 1. The van der Waals surface area contributed by atoms with Gasteiger partial charge in [-0.3, -0.25) is 29.6 Å². The molecule has 0 bridgehead atoms. The van der Waals surface area contributed by atoms with E-state index in [1.54, 1.807) is 0 Å². The van der Waals surface area contributed by atoms with Crippen molar-refractivity contribution < 1.29 is 9.59 Å². The quantitative estimate of drug-likeness (QED) is 0.335. The fraction of sp³-hybridized carbons (Fsp3) is 0.394. The number of rotatable bonds is 6. The highest BCUT2D eigenvalue weighted by molar-refractivity contribution is 7.80. The van der Waals surface area contributed by atoms with Crippen molar-refractivity contribution in [3.8, 4) is 0 Å². The highest BCUT2D eigenvalue weighted by atomic mass is 32.1. The molecule has 3 heterocycles. The predicted octanol–water partition coefficient (Wildman–Crippen LogP) is 4.92. The summed E-state index contributed by atoms with van der Waals surface area (Å²) < 4.78 is 0. The van der Waals surface area contributed by atoms with Crippen LogP contribution in [0.2, 0.25) is 0 Å². The summed E-state index contributed by atoms with van der Waals surface area (Å²) in [5.41, 5.74) is 6.34. The number of benzene rings is 3. The summed E-state index contributed by atoms with van der Waals surface area (Å²) in [6.07, 6.45) is 0.933. The van der Waals surface area contributed by atoms with E-state index < -0.39 is 0 Å². The third-order valence-electron chi connectivity index (χ3n) is 8.76. The van der Waals surface area contributed by atoms with Crippen LogP contribution in [0.15, 0.2) is 78.9 Å². The minimum Gasteiger partial charge on any atom is -0.296 e. The number of imide groups is 1. The van der Waals surface area contributed by atoms with Gasteiger partial charge in [0.15, 0.2) is 0 Å². The van der Waals surface area contributed by atoms with E-state index in [1.165, 1.54) is 27.8 Å². The Bertz CT molecular complexity index is 1320. The first-order valence-electron chi connectivity index (χ1n) is 14.4. The van der Waals surface area contributed by atoms with Crippen LogP contribution in [0, 0.1) is 0 Å². The van der Waals surface area contributed by atoms with Gasteiger partial charge < -0.3 is 0 Å². The number of nitrogens with one attached hydrogen (secondary N) is 1. The summed E-state index contributed by atoms with van der Waals surface area (Å²) in [6.45, 7) is 8.26. The molecule has 208 valence electrons. The van der Waals surface area contributed by atoms with Crippen molar-refractivity contribution in [1.29, 1.82) is 0 Å². The van der Waals surface area contributed by atoms with Crippen molar-refractivity contribution in [3.05, 3.63) is 107 Å². The summed E-state index contributed by atoms with van der Waals surface area (Å²) in [4.78, 5) is 31.5. The number of piperazine rings is 1. The molecular formula is C33H38N4O2S. The molecular weight excluding hydrogens is 516 g/mol. The van der Waals surface area contributed by atoms with Crippen LogP contribution in [0.3, 0.4) is 0 Å². The Labute approximate surface area is 242 Å². The number of hydrogen-bond donors (Lipinski definition) is 2. The average molecular weight is 555 g/mol. The first-order chi connectivity index (χ1) is 19.4. The van der Waals surface area contributed by atoms with Crippen molar-refractivity contribution in [3.63, 3.8) is 0 Å². The molecule has 3 aliphatic heterocycles. The molecule has 6 rings (SSSR count). The first kappa shape index (κ1) is 27.2. The lowest BCUT2D eigenvalue weighted by Crippen LogP contribution is -2.57. The molecule has 3 aliphatic rings. The zero-order valence-corrected chi connectivity index (χ0v) is 24.1. The minimum absolute atomic E-state index is 0.147. The molecule has 2 amide bonds. The van der Waals surface area contributed by atoms with Gasteiger partial charge in [-0.25, -0.2) is 0 Å². The molecule has 1 N–H and O–H groups in total. The van der Waals surface area contributed by atoms with Gasteiger partial charge in [0.1, 0.15) is 0 Å².